The maximum Gasteiger partial charge on any atom is 0.191 e. The Morgan fingerprint density at radius 2 is 1.86 bits per heavy atom. The van der Waals surface area contributed by atoms with E-state index in [4.69, 9.17) is 4.74 Å². The van der Waals surface area contributed by atoms with Gasteiger partial charge in [-0.05, 0) is 55.0 Å². The minimum absolute atomic E-state index is 0.128. The number of hydrogen-bond acceptors (Lipinski definition) is 5. The van der Waals surface area contributed by atoms with E-state index in [-0.39, 0.29) is 5.78 Å². The summed E-state index contributed by atoms with van der Waals surface area (Å²) in [6.45, 7) is 0.340. The smallest absolute Gasteiger partial charge is 0.191 e. The molecule has 6 heteroatoms. The van der Waals surface area contributed by atoms with Gasteiger partial charge in [-0.1, -0.05) is 42.1 Å². The lowest BCUT2D eigenvalue weighted by Crippen LogP contribution is -2.08. The Bertz CT molecular complexity index is 969. The van der Waals surface area contributed by atoms with Crippen molar-refractivity contribution in [3.05, 3.63) is 71.0 Å². The second kappa shape index (κ2) is 8.61. The molecule has 0 aliphatic heterocycles. The van der Waals surface area contributed by atoms with Crippen molar-refractivity contribution in [3.8, 4) is 5.75 Å². The summed E-state index contributed by atoms with van der Waals surface area (Å²) >= 11 is 1.41. The molecule has 144 valence electrons. The molecule has 0 saturated heterocycles. The molecule has 2 aromatic carbocycles. The van der Waals surface area contributed by atoms with E-state index in [1.54, 1.807) is 0 Å². The first-order valence-electron chi connectivity index (χ1n) is 9.54. The van der Waals surface area contributed by atoms with Crippen LogP contribution in [0.25, 0.3) is 0 Å². The number of fused-ring (bicyclic) bond motifs is 1. The molecule has 0 amide bonds. The molecule has 0 saturated carbocycles. The van der Waals surface area contributed by atoms with Crippen LogP contribution < -0.4 is 4.74 Å². The van der Waals surface area contributed by atoms with Crippen LogP contribution in [-0.4, -0.2) is 26.3 Å². The van der Waals surface area contributed by atoms with E-state index in [2.05, 4.69) is 22.3 Å². The predicted molar refractivity (Wildman–Crippen MR) is 110 cm³/mol. The van der Waals surface area contributed by atoms with Gasteiger partial charge < -0.3 is 9.30 Å². The summed E-state index contributed by atoms with van der Waals surface area (Å²) in [6.07, 6.45) is 4.67. The van der Waals surface area contributed by atoms with Gasteiger partial charge in [-0.2, -0.15) is 0 Å². The zero-order chi connectivity index (χ0) is 19.3. The third kappa shape index (κ3) is 4.28. The zero-order valence-electron chi connectivity index (χ0n) is 15.9. The van der Waals surface area contributed by atoms with E-state index in [0.717, 1.165) is 35.1 Å². The molecule has 0 unspecified atom stereocenters. The van der Waals surface area contributed by atoms with Gasteiger partial charge in [-0.3, -0.25) is 4.79 Å². The van der Waals surface area contributed by atoms with Gasteiger partial charge in [-0.15, -0.1) is 10.2 Å². The number of ketones is 1. The number of hydrogen-bond donors (Lipinski definition) is 0. The van der Waals surface area contributed by atoms with Crippen LogP contribution in [0.1, 0.15) is 40.2 Å². The van der Waals surface area contributed by atoms with Gasteiger partial charge in [-0.25, -0.2) is 0 Å². The van der Waals surface area contributed by atoms with Gasteiger partial charge in [0.25, 0.3) is 0 Å². The fourth-order valence-electron chi connectivity index (χ4n) is 3.38. The first kappa shape index (κ1) is 18.7. The SMILES string of the molecule is Cn1c(COc2ccccc2)nnc1SCC(=O)c1ccc2c(c1)CCCC2. The average Bonchev–Trinajstić information content (AvgIpc) is 3.10. The maximum atomic E-state index is 12.6. The molecule has 1 aromatic heterocycles. The van der Waals surface area contributed by atoms with E-state index >= 15 is 0 Å². The number of ether oxygens (including phenoxy) is 1. The quantitative estimate of drug-likeness (QED) is 0.444. The van der Waals surface area contributed by atoms with Crippen LogP contribution in [0.5, 0.6) is 5.75 Å². The number of carbonyl (C=O) groups is 1. The first-order valence-corrected chi connectivity index (χ1v) is 10.5. The highest BCUT2D eigenvalue weighted by Gasteiger charge is 2.15. The topological polar surface area (TPSA) is 57.0 Å². The van der Waals surface area contributed by atoms with Crippen molar-refractivity contribution in [3.63, 3.8) is 0 Å². The Labute approximate surface area is 169 Å². The lowest BCUT2D eigenvalue weighted by Gasteiger charge is -2.16. The van der Waals surface area contributed by atoms with Gasteiger partial charge in [0.1, 0.15) is 12.4 Å². The fourth-order valence-corrected chi connectivity index (χ4v) is 4.21. The Kier molecular flexibility index (Phi) is 5.76. The second-order valence-electron chi connectivity index (χ2n) is 6.96. The minimum atomic E-state index is 0.128. The monoisotopic (exact) mass is 393 g/mol. The number of benzene rings is 2. The molecule has 0 bridgehead atoms. The zero-order valence-corrected chi connectivity index (χ0v) is 16.7. The van der Waals surface area contributed by atoms with Crippen LogP contribution in [0.2, 0.25) is 0 Å². The van der Waals surface area contributed by atoms with Gasteiger partial charge in [0.05, 0.1) is 5.75 Å². The van der Waals surface area contributed by atoms with Crippen LogP contribution in [0.3, 0.4) is 0 Å². The molecule has 0 N–H and O–H groups in total. The molecule has 1 aliphatic rings. The first-order chi connectivity index (χ1) is 13.7. The number of Topliss-reactive ketones (excluding diaryl/α,β-unsaturated/α-hetero) is 1. The molecule has 0 spiro atoms. The van der Waals surface area contributed by atoms with Gasteiger partial charge in [0.2, 0.25) is 0 Å². The van der Waals surface area contributed by atoms with E-state index < -0.39 is 0 Å². The number of thioether (sulfide) groups is 1. The largest absolute Gasteiger partial charge is 0.486 e. The minimum Gasteiger partial charge on any atom is -0.486 e. The number of nitrogens with zero attached hydrogens (tertiary/aromatic N) is 3. The van der Waals surface area contributed by atoms with E-state index in [9.17, 15) is 4.79 Å². The molecule has 0 fully saturated rings. The normalized spacial score (nSPS) is 13.2. The summed E-state index contributed by atoms with van der Waals surface area (Å²) in [5.74, 6) is 2.00. The van der Waals surface area contributed by atoms with Crippen LogP contribution in [0, 0.1) is 0 Å². The predicted octanol–water partition coefficient (Wildman–Crippen LogP) is 4.25. The highest BCUT2D eigenvalue weighted by molar-refractivity contribution is 7.99. The Hall–Kier alpha value is -2.60. The average molecular weight is 394 g/mol. The third-order valence-corrected chi connectivity index (χ3v) is 6.06. The summed E-state index contributed by atoms with van der Waals surface area (Å²) in [6, 6.07) is 15.8. The number of rotatable bonds is 7. The van der Waals surface area contributed by atoms with E-state index in [1.807, 2.05) is 48.0 Å². The van der Waals surface area contributed by atoms with Gasteiger partial charge in [0.15, 0.2) is 16.8 Å². The van der Waals surface area contributed by atoms with Crippen molar-refractivity contribution < 1.29 is 9.53 Å². The summed E-state index contributed by atoms with van der Waals surface area (Å²) < 4.78 is 7.62. The number of carbonyl (C=O) groups excluding carboxylic acids is 1. The Balaban J connectivity index is 1.36. The maximum absolute atomic E-state index is 12.6. The van der Waals surface area contributed by atoms with Crippen molar-refractivity contribution in [2.45, 2.75) is 37.4 Å². The summed E-state index contributed by atoms with van der Waals surface area (Å²) in [4.78, 5) is 12.6. The molecule has 5 nitrogen and oxygen atoms in total. The summed E-state index contributed by atoms with van der Waals surface area (Å²) in [7, 11) is 1.90. The third-order valence-electron chi connectivity index (χ3n) is 5.04. The summed E-state index contributed by atoms with van der Waals surface area (Å²) in [5.41, 5.74) is 3.52. The Morgan fingerprint density at radius 3 is 2.68 bits per heavy atom. The highest BCUT2D eigenvalue weighted by Crippen LogP contribution is 2.24. The van der Waals surface area contributed by atoms with Crippen molar-refractivity contribution in [2.75, 3.05) is 5.75 Å². The lowest BCUT2D eigenvalue weighted by molar-refractivity contribution is 0.102. The fraction of sp³-hybridized carbons (Fsp3) is 0.318. The molecular formula is C22H23N3O2S. The van der Waals surface area contributed by atoms with E-state index in [0.29, 0.717) is 12.4 Å². The lowest BCUT2D eigenvalue weighted by atomic mass is 9.90. The van der Waals surface area contributed by atoms with Crippen molar-refractivity contribution in [1.29, 1.82) is 0 Å². The Morgan fingerprint density at radius 1 is 1.07 bits per heavy atom. The molecule has 1 aliphatic carbocycles. The number of aryl methyl sites for hydroxylation is 2. The van der Waals surface area contributed by atoms with Crippen LogP contribution in [0.15, 0.2) is 53.7 Å². The van der Waals surface area contributed by atoms with Crippen LogP contribution in [-0.2, 0) is 26.5 Å². The number of aromatic nitrogens is 3. The summed E-state index contributed by atoms with van der Waals surface area (Å²) in [5, 5.41) is 9.12. The van der Waals surface area contributed by atoms with Crippen molar-refractivity contribution in [2.24, 2.45) is 7.05 Å². The highest BCUT2D eigenvalue weighted by atomic mass is 32.2. The molecule has 1 heterocycles. The van der Waals surface area contributed by atoms with Crippen LogP contribution >= 0.6 is 11.8 Å². The molecule has 4 rings (SSSR count). The number of para-hydroxylation sites is 1. The molecule has 0 radical (unpaired) electrons. The molecule has 3 aromatic rings. The molecular weight excluding hydrogens is 370 g/mol. The van der Waals surface area contributed by atoms with Gasteiger partial charge >= 0.3 is 0 Å². The standard InChI is InChI=1S/C22H23N3O2S/c1-25-21(14-27-19-9-3-2-4-10-19)23-24-22(25)28-15-20(26)18-12-11-16-7-5-6-8-17(16)13-18/h2-4,9-13H,5-8,14-15H2,1H3. The van der Waals surface area contributed by atoms with Crippen molar-refractivity contribution >= 4 is 17.5 Å². The molecule has 0 atom stereocenters. The van der Waals surface area contributed by atoms with Gasteiger partial charge in [0, 0.05) is 12.6 Å². The van der Waals surface area contributed by atoms with Crippen molar-refractivity contribution in [1.82, 2.24) is 14.8 Å². The molecule has 28 heavy (non-hydrogen) atoms. The van der Waals surface area contributed by atoms with E-state index in [1.165, 1.54) is 35.7 Å². The second-order valence-corrected chi connectivity index (χ2v) is 7.90. The van der Waals surface area contributed by atoms with Crippen LogP contribution in [0.4, 0.5) is 0 Å².